The number of benzene rings is 1. The zero-order chi connectivity index (χ0) is 13.8. The molecule has 0 aromatic heterocycles. The van der Waals surface area contributed by atoms with Crippen molar-refractivity contribution in [3.8, 4) is 0 Å². The first-order valence-electron chi connectivity index (χ1n) is 6.43. The molecule has 1 aliphatic rings. The van der Waals surface area contributed by atoms with Gasteiger partial charge in [-0.1, -0.05) is 25.1 Å². The van der Waals surface area contributed by atoms with Crippen LogP contribution in [0.3, 0.4) is 0 Å². The van der Waals surface area contributed by atoms with Gasteiger partial charge in [0, 0.05) is 6.54 Å². The van der Waals surface area contributed by atoms with Crippen molar-refractivity contribution in [2.45, 2.75) is 25.8 Å². The summed E-state index contributed by atoms with van der Waals surface area (Å²) in [7, 11) is 0. The number of rotatable bonds is 4. The molecule has 5 heteroatoms. The molecule has 1 N–H and O–H groups in total. The number of piperazine rings is 1. The zero-order valence-electron chi connectivity index (χ0n) is 10.9. The van der Waals surface area contributed by atoms with Gasteiger partial charge in [0.15, 0.2) is 0 Å². The summed E-state index contributed by atoms with van der Waals surface area (Å²) in [5.41, 5.74) is 0.564. The highest BCUT2D eigenvalue weighted by Gasteiger charge is 2.30. The van der Waals surface area contributed by atoms with Crippen LogP contribution in [0, 0.1) is 5.82 Å². The van der Waals surface area contributed by atoms with Crippen LogP contribution >= 0.6 is 0 Å². The Labute approximate surface area is 111 Å². The second-order valence-electron chi connectivity index (χ2n) is 4.63. The molecule has 0 radical (unpaired) electrons. The molecule has 0 spiro atoms. The van der Waals surface area contributed by atoms with E-state index in [2.05, 4.69) is 5.32 Å². The van der Waals surface area contributed by atoms with E-state index in [1.54, 1.807) is 18.2 Å². The van der Waals surface area contributed by atoms with Crippen molar-refractivity contribution in [2.24, 2.45) is 0 Å². The van der Waals surface area contributed by atoms with Gasteiger partial charge in [-0.25, -0.2) is 4.39 Å². The third kappa shape index (κ3) is 3.10. The fourth-order valence-electron chi connectivity index (χ4n) is 2.20. The van der Waals surface area contributed by atoms with Crippen molar-refractivity contribution in [2.75, 3.05) is 13.1 Å². The van der Waals surface area contributed by atoms with E-state index < -0.39 is 6.04 Å². The van der Waals surface area contributed by atoms with Crippen LogP contribution in [0.1, 0.15) is 18.9 Å². The molecule has 1 atom stereocenters. The monoisotopic (exact) mass is 264 g/mol. The van der Waals surface area contributed by atoms with Gasteiger partial charge in [0.2, 0.25) is 11.8 Å². The normalized spacial score (nSPS) is 19.5. The summed E-state index contributed by atoms with van der Waals surface area (Å²) in [5.74, 6) is -0.512. The van der Waals surface area contributed by atoms with Crippen LogP contribution in [0.15, 0.2) is 24.3 Å². The highest BCUT2D eigenvalue weighted by Crippen LogP contribution is 2.10. The number of hydrogen-bond donors (Lipinski definition) is 1. The van der Waals surface area contributed by atoms with Gasteiger partial charge in [0.1, 0.15) is 11.9 Å². The highest BCUT2D eigenvalue weighted by atomic mass is 19.1. The van der Waals surface area contributed by atoms with E-state index in [9.17, 15) is 14.0 Å². The van der Waals surface area contributed by atoms with E-state index in [0.717, 1.165) is 0 Å². The first-order valence-corrected chi connectivity index (χ1v) is 6.43. The van der Waals surface area contributed by atoms with Gasteiger partial charge >= 0.3 is 0 Å². The van der Waals surface area contributed by atoms with E-state index in [-0.39, 0.29) is 24.2 Å². The minimum atomic E-state index is -0.443. The fraction of sp³-hybridized carbons (Fsp3) is 0.429. The molecule has 1 heterocycles. The summed E-state index contributed by atoms with van der Waals surface area (Å²) in [6, 6.07) is 6.04. The van der Waals surface area contributed by atoms with Crippen molar-refractivity contribution in [3.63, 3.8) is 0 Å². The molecule has 1 unspecified atom stereocenters. The van der Waals surface area contributed by atoms with Crippen LogP contribution in [0.4, 0.5) is 4.39 Å². The summed E-state index contributed by atoms with van der Waals surface area (Å²) in [5, 5.41) is 2.65. The number of carbonyl (C=O) groups excluding carboxylic acids is 2. The molecule has 2 amide bonds. The number of nitrogens with one attached hydrogen (secondary N) is 1. The molecule has 0 aliphatic carbocycles. The molecular weight excluding hydrogens is 247 g/mol. The Kier molecular flexibility index (Phi) is 4.14. The first kappa shape index (κ1) is 13.5. The van der Waals surface area contributed by atoms with E-state index in [4.69, 9.17) is 0 Å². The summed E-state index contributed by atoms with van der Waals surface area (Å²) in [6.07, 6.45) is 0.989. The van der Waals surface area contributed by atoms with E-state index in [0.29, 0.717) is 24.9 Å². The Balaban J connectivity index is 2.00. The van der Waals surface area contributed by atoms with Crippen LogP contribution in [-0.4, -0.2) is 35.8 Å². The smallest absolute Gasteiger partial charge is 0.245 e. The molecule has 1 aromatic carbocycles. The van der Waals surface area contributed by atoms with Crippen LogP contribution in [-0.2, 0) is 16.0 Å². The Morgan fingerprint density at radius 2 is 2.11 bits per heavy atom. The molecular formula is C14H17FN2O2. The molecule has 0 bridgehead atoms. The third-order valence-corrected chi connectivity index (χ3v) is 3.30. The van der Waals surface area contributed by atoms with Crippen molar-refractivity contribution >= 4 is 11.8 Å². The Morgan fingerprint density at radius 3 is 2.79 bits per heavy atom. The molecule has 19 heavy (non-hydrogen) atoms. The van der Waals surface area contributed by atoms with E-state index >= 15 is 0 Å². The maximum atomic E-state index is 13.5. The van der Waals surface area contributed by atoms with Crippen LogP contribution in [0.25, 0.3) is 0 Å². The van der Waals surface area contributed by atoms with Gasteiger partial charge in [-0.3, -0.25) is 9.59 Å². The molecule has 1 aliphatic heterocycles. The fourth-order valence-corrected chi connectivity index (χ4v) is 2.20. The quantitative estimate of drug-likeness (QED) is 0.885. The summed E-state index contributed by atoms with van der Waals surface area (Å²) in [4.78, 5) is 25.0. The largest absolute Gasteiger partial charge is 0.343 e. The standard InChI is InChI=1S/C14H17FN2O2/c1-2-12-14(19)17(9-13(18)16-12)8-7-10-5-3-4-6-11(10)15/h3-6,12H,2,7-9H2,1H3,(H,16,18). The minimum Gasteiger partial charge on any atom is -0.343 e. The van der Waals surface area contributed by atoms with Gasteiger partial charge in [-0.2, -0.15) is 0 Å². The zero-order valence-corrected chi connectivity index (χ0v) is 10.9. The molecule has 2 rings (SSSR count). The number of amides is 2. The maximum Gasteiger partial charge on any atom is 0.245 e. The molecule has 1 fully saturated rings. The first-order chi connectivity index (χ1) is 9.11. The average Bonchev–Trinajstić information content (AvgIpc) is 2.41. The summed E-state index contributed by atoms with van der Waals surface area (Å²) < 4.78 is 13.5. The average molecular weight is 264 g/mol. The SMILES string of the molecule is CCC1NC(=O)CN(CCc2ccccc2F)C1=O. The van der Waals surface area contributed by atoms with Crippen molar-refractivity contribution < 1.29 is 14.0 Å². The molecule has 4 nitrogen and oxygen atoms in total. The summed E-state index contributed by atoms with van der Waals surface area (Å²) >= 11 is 0. The molecule has 1 aromatic rings. The number of nitrogens with zero attached hydrogens (tertiary/aromatic N) is 1. The second kappa shape index (κ2) is 5.82. The third-order valence-electron chi connectivity index (χ3n) is 3.30. The molecule has 1 saturated heterocycles. The van der Waals surface area contributed by atoms with Crippen molar-refractivity contribution in [1.82, 2.24) is 10.2 Å². The molecule has 102 valence electrons. The summed E-state index contributed by atoms with van der Waals surface area (Å²) in [6.45, 7) is 2.27. The van der Waals surface area contributed by atoms with Crippen molar-refractivity contribution in [3.05, 3.63) is 35.6 Å². The van der Waals surface area contributed by atoms with Gasteiger partial charge in [-0.05, 0) is 24.5 Å². The lowest BCUT2D eigenvalue weighted by molar-refractivity contribution is -0.144. The lowest BCUT2D eigenvalue weighted by atomic mass is 10.1. The predicted molar refractivity (Wildman–Crippen MR) is 68.9 cm³/mol. The van der Waals surface area contributed by atoms with Crippen molar-refractivity contribution in [1.29, 1.82) is 0 Å². The van der Waals surface area contributed by atoms with Gasteiger partial charge in [0.25, 0.3) is 0 Å². The minimum absolute atomic E-state index is 0.0593. The van der Waals surface area contributed by atoms with Crippen LogP contribution in [0.2, 0.25) is 0 Å². The van der Waals surface area contributed by atoms with E-state index in [1.807, 2.05) is 6.92 Å². The van der Waals surface area contributed by atoms with Gasteiger partial charge in [0.05, 0.1) is 6.54 Å². The lowest BCUT2D eigenvalue weighted by Gasteiger charge is -2.32. The second-order valence-corrected chi connectivity index (χ2v) is 4.63. The molecule has 0 saturated carbocycles. The topological polar surface area (TPSA) is 49.4 Å². The van der Waals surface area contributed by atoms with E-state index in [1.165, 1.54) is 11.0 Å². The Hall–Kier alpha value is -1.91. The Morgan fingerprint density at radius 1 is 1.37 bits per heavy atom. The van der Waals surface area contributed by atoms with Crippen LogP contribution < -0.4 is 5.32 Å². The predicted octanol–water partition coefficient (Wildman–Crippen LogP) is 1.11. The number of hydrogen-bond acceptors (Lipinski definition) is 2. The number of carbonyl (C=O) groups is 2. The number of halogens is 1. The van der Waals surface area contributed by atoms with Crippen LogP contribution in [0.5, 0.6) is 0 Å². The van der Waals surface area contributed by atoms with Gasteiger partial charge < -0.3 is 10.2 Å². The Bertz CT molecular complexity index is 490. The lowest BCUT2D eigenvalue weighted by Crippen LogP contribution is -2.58. The maximum absolute atomic E-state index is 13.5. The highest BCUT2D eigenvalue weighted by molar-refractivity contribution is 5.94. The van der Waals surface area contributed by atoms with Gasteiger partial charge in [-0.15, -0.1) is 0 Å².